The summed E-state index contributed by atoms with van der Waals surface area (Å²) in [5.74, 6) is 0.0188. The van der Waals surface area contributed by atoms with Crippen LogP contribution in [0.4, 0.5) is 0 Å². The number of carbonyl (C=O) groups excluding carboxylic acids is 1. The number of nitrogens with one attached hydrogen (secondary N) is 1. The van der Waals surface area contributed by atoms with Crippen molar-refractivity contribution in [3.8, 4) is 0 Å². The van der Waals surface area contributed by atoms with E-state index in [1.807, 2.05) is 18.2 Å². The van der Waals surface area contributed by atoms with Gasteiger partial charge in [0, 0.05) is 18.7 Å². The van der Waals surface area contributed by atoms with Gasteiger partial charge in [-0.05, 0) is 63.0 Å². The fourth-order valence-electron chi connectivity index (χ4n) is 2.58. The molecule has 0 spiro atoms. The van der Waals surface area contributed by atoms with E-state index >= 15 is 0 Å². The Labute approximate surface area is 121 Å². The van der Waals surface area contributed by atoms with Crippen LogP contribution in [0.5, 0.6) is 0 Å². The largest absolute Gasteiger partial charge is 0.352 e. The summed E-state index contributed by atoms with van der Waals surface area (Å²) >= 11 is 0. The van der Waals surface area contributed by atoms with Gasteiger partial charge < -0.3 is 11.1 Å². The van der Waals surface area contributed by atoms with Gasteiger partial charge in [0.25, 0.3) is 5.91 Å². The molecule has 0 atom stereocenters. The number of benzene rings is 1. The molecular formula is C16H25N3O. The molecule has 4 heteroatoms. The zero-order chi connectivity index (χ0) is 14.2. The smallest absolute Gasteiger partial charge is 0.251 e. The van der Waals surface area contributed by atoms with Gasteiger partial charge in [0.2, 0.25) is 0 Å². The number of unbranched alkanes of at least 4 members (excludes halogenated alkanes) is 1. The molecule has 1 aliphatic rings. The van der Waals surface area contributed by atoms with Crippen molar-refractivity contribution >= 4 is 5.91 Å². The van der Waals surface area contributed by atoms with Gasteiger partial charge in [-0.15, -0.1) is 0 Å². The summed E-state index contributed by atoms with van der Waals surface area (Å²) in [4.78, 5) is 14.5. The van der Waals surface area contributed by atoms with Gasteiger partial charge in [0.15, 0.2) is 0 Å². The van der Waals surface area contributed by atoms with Crippen molar-refractivity contribution in [2.24, 2.45) is 5.73 Å². The maximum absolute atomic E-state index is 12.0. The molecule has 0 aliphatic carbocycles. The van der Waals surface area contributed by atoms with Crippen molar-refractivity contribution in [1.29, 1.82) is 0 Å². The number of amides is 1. The Hall–Kier alpha value is -1.39. The summed E-state index contributed by atoms with van der Waals surface area (Å²) < 4.78 is 0. The van der Waals surface area contributed by atoms with E-state index in [9.17, 15) is 4.79 Å². The lowest BCUT2D eigenvalue weighted by atomic mass is 10.1. The first-order chi connectivity index (χ1) is 9.79. The average molecular weight is 275 g/mol. The molecular weight excluding hydrogens is 250 g/mol. The number of likely N-dealkylation sites (tertiary alicyclic amines) is 1. The van der Waals surface area contributed by atoms with Crippen LogP contribution < -0.4 is 11.1 Å². The van der Waals surface area contributed by atoms with Crippen molar-refractivity contribution < 1.29 is 4.79 Å². The minimum absolute atomic E-state index is 0.0188. The standard InChI is InChI=1S/C16H25N3O/c17-8-1-2-9-18-16(20)15-7-5-6-14(12-15)13-19-10-3-4-11-19/h5-7,12H,1-4,8-11,13,17H2,(H,18,20). The lowest BCUT2D eigenvalue weighted by Gasteiger charge is -2.15. The number of hydrogen-bond donors (Lipinski definition) is 2. The minimum atomic E-state index is 0.0188. The SMILES string of the molecule is NCCCCNC(=O)c1cccc(CN2CCCC2)c1. The highest BCUT2D eigenvalue weighted by molar-refractivity contribution is 5.94. The van der Waals surface area contributed by atoms with Gasteiger partial charge in [-0.1, -0.05) is 12.1 Å². The van der Waals surface area contributed by atoms with E-state index in [4.69, 9.17) is 5.73 Å². The molecule has 4 nitrogen and oxygen atoms in total. The zero-order valence-electron chi connectivity index (χ0n) is 12.1. The molecule has 0 unspecified atom stereocenters. The Morgan fingerprint density at radius 3 is 2.80 bits per heavy atom. The first-order valence-corrected chi connectivity index (χ1v) is 7.59. The number of rotatable bonds is 7. The highest BCUT2D eigenvalue weighted by Crippen LogP contribution is 2.13. The molecule has 1 heterocycles. The van der Waals surface area contributed by atoms with E-state index < -0.39 is 0 Å². The Morgan fingerprint density at radius 1 is 1.25 bits per heavy atom. The molecule has 1 aromatic carbocycles. The maximum Gasteiger partial charge on any atom is 0.251 e. The molecule has 110 valence electrons. The molecule has 2 rings (SSSR count). The van der Waals surface area contributed by atoms with E-state index in [1.165, 1.54) is 31.5 Å². The molecule has 1 fully saturated rings. The Morgan fingerprint density at radius 2 is 2.05 bits per heavy atom. The molecule has 1 saturated heterocycles. The molecule has 1 aromatic rings. The van der Waals surface area contributed by atoms with Crippen LogP contribution in [-0.2, 0) is 6.54 Å². The molecule has 1 amide bonds. The van der Waals surface area contributed by atoms with Crippen LogP contribution in [0.15, 0.2) is 24.3 Å². The van der Waals surface area contributed by atoms with Gasteiger partial charge in [0.05, 0.1) is 0 Å². The highest BCUT2D eigenvalue weighted by Gasteiger charge is 2.12. The second-order valence-electron chi connectivity index (χ2n) is 5.44. The highest BCUT2D eigenvalue weighted by atomic mass is 16.1. The summed E-state index contributed by atoms with van der Waals surface area (Å²) in [7, 11) is 0. The van der Waals surface area contributed by atoms with Crippen molar-refractivity contribution in [3.63, 3.8) is 0 Å². The maximum atomic E-state index is 12.0. The third kappa shape index (κ3) is 4.62. The van der Waals surface area contributed by atoms with Crippen molar-refractivity contribution in [2.45, 2.75) is 32.2 Å². The van der Waals surface area contributed by atoms with Crippen LogP contribution in [0.1, 0.15) is 41.6 Å². The number of nitrogens with zero attached hydrogens (tertiary/aromatic N) is 1. The normalized spacial score (nSPS) is 15.4. The van der Waals surface area contributed by atoms with Gasteiger partial charge >= 0.3 is 0 Å². The molecule has 3 N–H and O–H groups in total. The van der Waals surface area contributed by atoms with Crippen molar-refractivity contribution in [1.82, 2.24) is 10.2 Å². The monoisotopic (exact) mass is 275 g/mol. The third-order valence-electron chi connectivity index (χ3n) is 3.71. The second kappa shape index (κ2) is 8.02. The molecule has 0 aromatic heterocycles. The minimum Gasteiger partial charge on any atom is -0.352 e. The van der Waals surface area contributed by atoms with Crippen LogP contribution in [0, 0.1) is 0 Å². The predicted molar refractivity (Wildman–Crippen MR) is 81.6 cm³/mol. The molecule has 20 heavy (non-hydrogen) atoms. The number of carbonyl (C=O) groups is 1. The van der Waals surface area contributed by atoms with E-state index in [1.54, 1.807) is 0 Å². The summed E-state index contributed by atoms with van der Waals surface area (Å²) in [5, 5.41) is 2.95. The number of nitrogens with two attached hydrogens (primary N) is 1. The van der Waals surface area contributed by atoms with Crippen LogP contribution in [0.25, 0.3) is 0 Å². The average Bonchev–Trinajstić information content (AvgIpc) is 2.96. The third-order valence-corrected chi connectivity index (χ3v) is 3.71. The quantitative estimate of drug-likeness (QED) is 0.745. The topological polar surface area (TPSA) is 58.4 Å². The number of hydrogen-bond acceptors (Lipinski definition) is 3. The summed E-state index contributed by atoms with van der Waals surface area (Å²) in [6.07, 6.45) is 4.48. The fourth-order valence-corrected chi connectivity index (χ4v) is 2.58. The first kappa shape index (κ1) is 15.0. The zero-order valence-corrected chi connectivity index (χ0v) is 12.1. The van der Waals surface area contributed by atoms with Gasteiger partial charge in [-0.2, -0.15) is 0 Å². The first-order valence-electron chi connectivity index (χ1n) is 7.59. The molecule has 0 bridgehead atoms. The lowest BCUT2D eigenvalue weighted by molar-refractivity contribution is 0.0953. The van der Waals surface area contributed by atoms with Crippen LogP contribution in [-0.4, -0.2) is 37.0 Å². The van der Waals surface area contributed by atoms with E-state index in [0.29, 0.717) is 13.1 Å². The Balaban J connectivity index is 1.86. The Bertz CT molecular complexity index is 427. The molecule has 0 saturated carbocycles. The van der Waals surface area contributed by atoms with E-state index in [2.05, 4.69) is 16.3 Å². The second-order valence-corrected chi connectivity index (χ2v) is 5.44. The van der Waals surface area contributed by atoms with Crippen LogP contribution in [0.3, 0.4) is 0 Å². The van der Waals surface area contributed by atoms with Crippen molar-refractivity contribution in [3.05, 3.63) is 35.4 Å². The molecule has 1 aliphatic heterocycles. The van der Waals surface area contributed by atoms with E-state index in [-0.39, 0.29) is 5.91 Å². The van der Waals surface area contributed by atoms with Gasteiger partial charge in [-0.3, -0.25) is 9.69 Å². The van der Waals surface area contributed by atoms with Crippen LogP contribution in [0.2, 0.25) is 0 Å². The molecule has 0 radical (unpaired) electrons. The summed E-state index contributed by atoms with van der Waals surface area (Å²) in [6.45, 7) is 4.69. The predicted octanol–water partition coefficient (Wildman–Crippen LogP) is 1.75. The van der Waals surface area contributed by atoms with E-state index in [0.717, 1.165) is 24.9 Å². The van der Waals surface area contributed by atoms with Gasteiger partial charge in [0.1, 0.15) is 0 Å². The van der Waals surface area contributed by atoms with Gasteiger partial charge in [-0.25, -0.2) is 0 Å². The van der Waals surface area contributed by atoms with Crippen LogP contribution >= 0.6 is 0 Å². The fraction of sp³-hybridized carbons (Fsp3) is 0.562. The summed E-state index contributed by atoms with van der Waals surface area (Å²) in [6, 6.07) is 7.96. The van der Waals surface area contributed by atoms with Crippen molar-refractivity contribution in [2.75, 3.05) is 26.2 Å². The summed E-state index contributed by atoms with van der Waals surface area (Å²) in [5.41, 5.74) is 7.42. The lowest BCUT2D eigenvalue weighted by Crippen LogP contribution is -2.25. The Kier molecular flexibility index (Phi) is 6.02.